The Balaban J connectivity index is 1.71. The van der Waals surface area contributed by atoms with Gasteiger partial charge in [-0.3, -0.25) is 9.36 Å². The first-order valence-electron chi connectivity index (χ1n) is 9.78. The molecular formula is C23H27N5OS. The molecule has 1 atom stereocenters. The van der Waals surface area contributed by atoms with Gasteiger partial charge in [0.15, 0.2) is 11.0 Å². The van der Waals surface area contributed by atoms with Gasteiger partial charge in [-0.15, -0.1) is 16.8 Å². The van der Waals surface area contributed by atoms with E-state index in [1.54, 1.807) is 0 Å². The van der Waals surface area contributed by atoms with E-state index in [1.165, 1.54) is 11.8 Å². The van der Waals surface area contributed by atoms with Crippen LogP contribution in [0.4, 0.5) is 5.69 Å². The van der Waals surface area contributed by atoms with Crippen LogP contribution in [0.25, 0.3) is 11.4 Å². The van der Waals surface area contributed by atoms with Crippen LogP contribution in [0.2, 0.25) is 0 Å². The fourth-order valence-corrected chi connectivity index (χ4v) is 3.82. The number of anilines is 1. The lowest BCUT2D eigenvalue weighted by atomic mass is 10.1. The maximum atomic E-state index is 12.5. The van der Waals surface area contributed by atoms with Crippen molar-refractivity contribution in [3.8, 4) is 11.4 Å². The second-order valence-electron chi connectivity index (χ2n) is 7.14. The summed E-state index contributed by atoms with van der Waals surface area (Å²) in [5, 5.41) is 12.4. The number of benzene rings is 2. The highest BCUT2D eigenvalue weighted by Gasteiger charge is 2.16. The van der Waals surface area contributed by atoms with Crippen LogP contribution in [0.5, 0.6) is 0 Å². The highest BCUT2D eigenvalue weighted by Crippen LogP contribution is 2.26. The van der Waals surface area contributed by atoms with Crippen LogP contribution in [-0.2, 0) is 11.3 Å². The third kappa shape index (κ3) is 5.30. The quantitative estimate of drug-likeness (QED) is 0.415. The van der Waals surface area contributed by atoms with Crippen molar-refractivity contribution < 1.29 is 4.79 Å². The standard InChI is InChI=1S/C23H27N5OS/c1-5-14-28-22(19-12-9-13-20(15-19)27(3)4)25-26-23(28)30-16-21(29)24-17(2)18-10-7-6-8-11-18/h5-13,15,17H,1,14,16H2,2-4H3,(H,24,29). The Kier molecular flexibility index (Phi) is 7.30. The SMILES string of the molecule is C=CCn1c(SCC(=O)NC(C)c2ccccc2)nnc1-c1cccc(N(C)C)c1. The number of hydrogen-bond donors (Lipinski definition) is 1. The topological polar surface area (TPSA) is 63.1 Å². The number of carbonyl (C=O) groups excluding carboxylic acids is 1. The zero-order valence-corrected chi connectivity index (χ0v) is 18.4. The summed E-state index contributed by atoms with van der Waals surface area (Å²) in [6.07, 6.45) is 1.81. The summed E-state index contributed by atoms with van der Waals surface area (Å²) in [5.41, 5.74) is 3.14. The Labute approximate surface area is 182 Å². The van der Waals surface area contributed by atoms with Gasteiger partial charge < -0.3 is 10.2 Å². The van der Waals surface area contributed by atoms with E-state index in [4.69, 9.17) is 0 Å². The molecule has 6 nitrogen and oxygen atoms in total. The van der Waals surface area contributed by atoms with Gasteiger partial charge >= 0.3 is 0 Å². The lowest BCUT2D eigenvalue weighted by molar-refractivity contribution is -0.119. The number of aromatic nitrogens is 3. The van der Waals surface area contributed by atoms with Crippen molar-refractivity contribution in [2.45, 2.75) is 24.7 Å². The van der Waals surface area contributed by atoms with Gasteiger partial charge in [0.2, 0.25) is 5.91 Å². The first kappa shape index (κ1) is 21.6. The van der Waals surface area contributed by atoms with Crippen molar-refractivity contribution in [1.29, 1.82) is 0 Å². The summed E-state index contributed by atoms with van der Waals surface area (Å²) in [5.74, 6) is 0.990. The van der Waals surface area contributed by atoms with E-state index in [2.05, 4.69) is 28.2 Å². The molecule has 1 amide bonds. The molecule has 0 bridgehead atoms. The number of thioether (sulfide) groups is 1. The summed E-state index contributed by atoms with van der Waals surface area (Å²) in [6, 6.07) is 18.0. The van der Waals surface area contributed by atoms with Gasteiger partial charge in [0, 0.05) is 31.9 Å². The predicted molar refractivity (Wildman–Crippen MR) is 124 cm³/mol. The molecule has 0 saturated heterocycles. The molecule has 0 radical (unpaired) electrons. The molecule has 0 fully saturated rings. The van der Waals surface area contributed by atoms with E-state index in [9.17, 15) is 4.79 Å². The molecule has 1 heterocycles. The van der Waals surface area contributed by atoms with Crippen molar-refractivity contribution in [3.63, 3.8) is 0 Å². The number of hydrogen-bond acceptors (Lipinski definition) is 5. The van der Waals surface area contributed by atoms with Gasteiger partial charge in [-0.1, -0.05) is 60.3 Å². The fourth-order valence-electron chi connectivity index (χ4n) is 3.06. The minimum atomic E-state index is -0.0466. The molecule has 3 rings (SSSR count). The third-order valence-corrected chi connectivity index (χ3v) is 5.63. The van der Waals surface area contributed by atoms with E-state index in [-0.39, 0.29) is 17.7 Å². The van der Waals surface area contributed by atoms with E-state index in [0.717, 1.165) is 22.6 Å². The van der Waals surface area contributed by atoms with Crippen molar-refractivity contribution >= 4 is 23.4 Å². The summed E-state index contributed by atoms with van der Waals surface area (Å²) < 4.78 is 1.99. The van der Waals surface area contributed by atoms with Crippen LogP contribution in [0.1, 0.15) is 18.5 Å². The van der Waals surface area contributed by atoms with Crippen LogP contribution >= 0.6 is 11.8 Å². The normalized spacial score (nSPS) is 11.7. The number of allylic oxidation sites excluding steroid dienone is 1. The Morgan fingerprint density at radius 3 is 2.67 bits per heavy atom. The Bertz CT molecular complexity index is 1000. The van der Waals surface area contributed by atoms with Crippen LogP contribution in [-0.4, -0.2) is 40.5 Å². The number of amides is 1. The van der Waals surface area contributed by atoms with Gasteiger partial charge in [0.1, 0.15) is 0 Å². The largest absolute Gasteiger partial charge is 0.378 e. The number of nitrogens with one attached hydrogen (secondary N) is 1. The summed E-state index contributed by atoms with van der Waals surface area (Å²) in [4.78, 5) is 14.5. The summed E-state index contributed by atoms with van der Waals surface area (Å²) >= 11 is 1.38. The number of rotatable bonds is 9. The van der Waals surface area contributed by atoms with Crippen LogP contribution in [0.3, 0.4) is 0 Å². The van der Waals surface area contributed by atoms with Crippen LogP contribution in [0.15, 0.2) is 72.4 Å². The minimum absolute atomic E-state index is 0.0411. The molecule has 0 aliphatic carbocycles. The van der Waals surface area contributed by atoms with E-state index >= 15 is 0 Å². The Morgan fingerprint density at radius 2 is 1.97 bits per heavy atom. The van der Waals surface area contributed by atoms with Crippen LogP contribution < -0.4 is 10.2 Å². The predicted octanol–water partition coefficient (Wildman–Crippen LogP) is 4.17. The molecule has 2 aromatic carbocycles. The first-order chi connectivity index (χ1) is 14.5. The average Bonchev–Trinajstić information content (AvgIpc) is 3.16. The smallest absolute Gasteiger partial charge is 0.230 e. The van der Waals surface area contributed by atoms with Crippen molar-refractivity contribution in [2.24, 2.45) is 0 Å². The molecule has 0 aliphatic heterocycles. The molecular weight excluding hydrogens is 394 g/mol. The fraction of sp³-hybridized carbons (Fsp3) is 0.261. The number of nitrogens with zero attached hydrogens (tertiary/aromatic N) is 4. The zero-order chi connectivity index (χ0) is 21.5. The van der Waals surface area contributed by atoms with E-state index in [1.807, 2.05) is 85.1 Å². The van der Waals surface area contributed by atoms with Crippen molar-refractivity contribution in [1.82, 2.24) is 20.1 Å². The van der Waals surface area contributed by atoms with Crippen molar-refractivity contribution in [2.75, 3.05) is 24.7 Å². The van der Waals surface area contributed by atoms with Gasteiger partial charge in [0.05, 0.1) is 11.8 Å². The second-order valence-corrected chi connectivity index (χ2v) is 8.08. The molecule has 1 N–H and O–H groups in total. The average molecular weight is 422 g/mol. The minimum Gasteiger partial charge on any atom is -0.378 e. The summed E-state index contributed by atoms with van der Waals surface area (Å²) in [6.45, 7) is 6.40. The summed E-state index contributed by atoms with van der Waals surface area (Å²) in [7, 11) is 4.01. The molecule has 1 unspecified atom stereocenters. The Morgan fingerprint density at radius 1 is 1.20 bits per heavy atom. The maximum Gasteiger partial charge on any atom is 0.230 e. The van der Waals surface area contributed by atoms with E-state index < -0.39 is 0 Å². The highest BCUT2D eigenvalue weighted by molar-refractivity contribution is 7.99. The molecule has 3 aromatic rings. The molecule has 0 saturated carbocycles. The Hall–Kier alpha value is -3.06. The lowest BCUT2D eigenvalue weighted by Crippen LogP contribution is -2.28. The molecule has 30 heavy (non-hydrogen) atoms. The van der Waals surface area contributed by atoms with Gasteiger partial charge in [-0.2, -0.15) is 0 Å². The molecule has 156 valence electrons. The monoisotopic (exact) mass is 421 g/mol. The highest BCUT2D eigenvalue weighted by atomic mass is 32.2. The molecule has 7 heteroatoms. The van der Waals surface area contributed by atoms with Gasteiger partial charge in [0.25, 0.3) is 0 Å². The van der Waals surface area contributed by atoms with Crippen LogP contribution in [0, 0.1) is 0 Å². The van der Waals surface area contributed by atoms with Crippen molar-refractivity contribution in [3.05, 3.63) is 72.8 Å². The second kappa shape index (κ2) is 10.1. The lowest BCUT2D eigenvalue weighted by Gasteiger charge is -2.15. The first-order valence-corrected chi connectivity index (χ1v) is 10.8. The zero-order valence-electron chi connectivity index (χ0n) is 17.6. The molecule has 0 spiro atoms. The number of carbonyl (C=O) groups is 1. The van der Waals surface area contributed by atoms with E-state index in [0.29, 0.717) is 11.7 Å². The molecule has 1 aromatic heterocycles. The maximum absolute atomic E-state index is 12.5. The third-order valence-electron chi connectivity index (χ3n) is 4.66. The molecule has 0 aliphatic rings. The van der Waals surface area contributed by atoms with Gasteiger partial charge in [-0.25, -0.2) is 0 Å². The van der Waals surface area contributed by atoms with Gasteiger partial charge in [-0.05, 0) is 24.6 Å².